The molecule has 2 N–H and O–H groups in total. The number of hydrogen-bond donors (Lipinski definition) is 2. The summed E-state index contributed by atoms with van der Waals surface area (Å²) in [4.78, 5) is 1.54. The van der Waals surface area contributed by atoms with E-state index >= 15 is 0 Å². The summed E-state index contributed by atoms with van der Waals surface area (Å²) in [6.07, 6.45) is 0. The van der Waals surface area contributed by atoms with E-state index in [1.165, 1.54) is 4.90 Å². The van der Waals surface area contributed by atoms with Crippen LogP contribution in [-0.2, 0) is 0 Å². The van der Waals surface area contributed by atoms with Crippen LogP contribution >= 0.6 is 0 Å². The predicted octanol–water partition coefficient (Wildman–Crippen LogP) is 1.19. The molecular weight excluding hydrogens is 228 g/mol. The molecule has 4 heteroatoms. The molecule has 0 heterocycles. The molecule has 0 aliphatic heterocycles. The number of quaternary nitrogens is 1. The number of oxime groups is 1. The summed E-state index contributed by atoms with van der Waals surface area (Å²) in [6, 6.07) is 7.60. The number of nitrogens with one attached hydrogen (secondary N) is 1. The number of ether oxygens (including phenoxy) is 1. The van der Waals surface area contributed by atoms with Gasteiger partial charge in [0.15, 0.2) is 0 Å². The van der Waals surface area contributed by atoms with E-state index in [2.05, 4.69) is 19.0 Å². The lowest BCUT2D eigenvalue weighted by molar-refractivity contribution is -0.896. The molecule has 0 fully saturated rings. The maximum Gasteiger partial charge on any atom is 0.137 e. The summed E-state index contributed by atoms with van der Waals surface area (Å²) >= 11 is 0. The van der Waals surface area contributed by atoms with Gasteiger partial charge in [0.05, 0.1) is 18.8 Å². The van der Waals surface area contributed by atoms with E-state index in [1.54, 1.807) is 6.92 Å². The number of hydrogen-bond acceptors (Lipinski definition) is 3. The molecule has 100 valence electrons. The molecule has 1 aromatic rings. The second kappa shape index (κ2) is 7.71. The van der Waals surface area contributed by atoms with E-state index in [0.717, 1.165) is 37.6 Å². The van der Waals surface area contributed by atoms with Gasteiger partial charge >= 0.3 is 0 Å². The van der Waals surface area contributed by atoms with Crippen molar-refractivity contribution >= 4 is 5.71 Å². The van der Waals surface area contributed by atoms with Crippen LogP contribution in [-0.4, -0.2) is 37.2 Å². The third-order valence-corrected chi connectivity index (χ3v) is 3.15. The summed E-state index contributed by atoms with van der Waals surface area (Å²) in [5, 5.41) is 11.8. The first-order chi connectivity index (χ1) is 8.71. The second-order valence-electron chi connectivity index (χ2n) is 4.27. The summed E-state index contributed by atoms with van der Waals surface area (Å²) < 4.78 is 5.69. The molecule has 0 unspecified atom stereocenters. The van der Waals surface area contributed by atoms with Gasteiger partial charge in [-0.1, -0.05) is 5.16 Å². The first-order valence-corrected chi connectivity index (χ1v) is 6.46. The minimum absolute atomic E-state index is 0.606. The SMILES string of the molecule is CC[NH+](CC)CCOc1ccc(/C(C)=N/O)cc1. The summed E-state index contributed by atoms with van der Waals surface area (Å²) in [5.74, 6) is 0.857. The quantitative estimate of drug-likeness (QED) is 0.434. The lowest BCUT2D eigenvalue weighted by atomic mass is 10.1. The van der Waals surface area contributed by atoms with Gasteiger partial charge in [0, 0.05) is 0 Å². The molecule has 0 spiro atoms. The number of rotatable bonds is 7. The molecule has 0 saturated heterocycles. The Balaban J connectivity index is 2.44. The van der Waals surface area contributed by atoms with E-state index < -0.39 is 0 Å². The van der Waals surface area contributed by atoms with Crippen LogP contribution in [0.5, 0.6) is 5.75 Å². The molecule has 0 aliphatic rings. The fraction of sp³-hybridized carbons (Fsp3) is 0.500. The van der Waals surface area contributed by atoms with Crippen LogP contribution in [0.15, 0.2) is 29.4 Å². The van der Waals surface area contributed by atoms with Crippen LogP contribution in [0.2, 0.25) is 0 Å². The van der Waals surface area contributed by atoms with Gasteiger partial charge in [-0.25, -0.2) is 0 Å². The van der Waals surface area contributed by atoms with Gasteiger partial charge in [-0.3, -0.25) is 0 Å². The maximum absolute atomic E-state index is 8.67. The molecule has 1 rings (SSSR count). The molecule has 18 heavy (non-hydrogen) atoms. The smallest absolute Gasteiger partial charge is 0.137 e. The number of likely N-dealkylation sites (N-methyl/N-ethyl adjacent to an activating group) is 1. The van der Waals surface area contributed by atoms with Gasteiger partial charge in [0.25, 0.3) is 0 Å². The van der Waals surface area contributed by atoms with Crippen molar-refractivity contribution in [2.24, 2.45) is 5.16 Å². The molecule has 0 amide bonds. The molecule has 0 atom stereocenters. The highest BCUT2D eigenvalue weighted by atomic mass is 16.5. The molecule has 0 radical (unpaired) electrons. The minimum atomic E-state index is 0.606. The van der Waals surface area contributed by atoms with Crippen LogP contribution in [0.25, 0.3) is 0 Å². The van der Waals surface area contributed by atoms with Crippen molar-refractivity contribution in [3.05, 3.63) is 29.8 Å². The average Bonchev–Trinajstić information content (AvgIpc) is 2.43. The summed E-state index contributed by atoms with van der Waals surface area (Å²) in [5.41, 5.74) is 1.51. The Morgan fingerprint density at radius 1 is 1.22 bits per heavy atom. The zero-order valence-electron chi connectivity index (χ0n) is 11.4. The van der Waals surface area contributed by atoms with Crippen molar-refractivity contribution in [3.63, 3.8) is 0 Å². The van der Waals surface area contributed by atoms with Gasteiger partial charge in [-0.05, 0) is 50.6 Å². The lowest BCUT2D eigenvalue weighted by Gasteiger charge is -2.15. The van der Waals surface area contributed by atoms with Crippen LogP contribution in [0.4, 0.5) is 0 Å². The minimum Gasteiger partial charge on any atom is -0.488 e. The van der Waals surface area contributed by atoms with Crippen molar-refractivity contribution in [2.45, 2.75) is 20.8 Å². The Morgan fingerprint density at radius 2 is 1.83 bits per heavy atom. The summed E-state index contributed by atoms with van der Waals surface area (Å²) in [7, 11) is 0. The van der Waals surface area contributed by atoms with Gasteiger partial charge in [0.2, 0.25) is 0 Å². The lowest BCUT2D eigenvalue weighted by Crippen LogP contribution is -3.12. The number of benzene rings is 1. The topological polar surface area (TPSA) is 46.3 Å². The van der Waals surface area contributed by atoms with Crippen molar-refractivity contribution in [1.29, 1.82) is 0 Å². The Labute approximate surface area is 109 Å². The fourth-order valence-electron chi connectivity index (χ4n) is 1.77. The second-order valence-corrected chi connectivity index (χ2v) is 4.27. The van der Waals surface area contributed by atoms with Crippen molar-refractivity contribution in [2.75, 3.05) is 26.2 Å². The molecule has 1 aromatic carbocycles. The average molecular weight is 251 g/mol. The number of nitrogens with zero attached hydrogens (tertiary/aromatic N) is 1. The molecule has 4 nitrogen and oxygen atoms in total. The largest absolute Gasteiger partial charge is 0.488 e. The highest BCUT2D eigenvalue weighted by molar-refractivity contribution is 5.98. The Bertz CT molecular complexity index is 370. The first-order valence-electron chi connectivity index (χ1n) is 6.46. The van der Waals surface area contributed by atoms with Crippen LogP contribution in [0, 0.1) is 0 Å². The third-order valence-electron chi connectivity index (χ3n) is 3.15. The normalized spacial score (nSPS) is 11.9. The van der Waals surface area contributed by atoms with E-state index in [9.17, 15) is 0 Å². The Morgan fingerprint density at radius 3 is 2.33 bits per heavy atom. The zero-order valence-corrected chi connectivity index (χ0v) is 11.4. The van der Waals surface area contributed by atoms with Crippen LogP contribution in [0.3, 0.4) is 0 Å². The van der Waals surface area contributed by atoms with E-state index in [1.807, 2.05) is 24.3 Å². The zero-order chi connectivity index (χ0) is 13.4. The van der Waals surface area contributed by atoms with Gasteiger partial charge in [-0.2, -0.15) is 0 Å². The molecular formula is C14H23N2O2+. The maximum atomic E-state index is 8.67. The van der Waals surface area contributed by atoms with Crippen molar-refractivity contribution in [3.8, 4) is 5.75 Å². The van der Waals surface area contributed by atoms with E-state index in [-0.39, 0.29) is 0 Å². The summed E-state index contributed by atoms with van der Waals surface area (Å²) in [6.45, 7) is 10.1. The van der Waals surface area contributed by atoms with E-state index in [4.69, 9.17) is 9.94 Å². The highest BCUT2D eigenvalue weighted by Gasteiger charge is 2.03. The first kappa shape index (κ1) is 14.5. The molecule has 0 saturated carbocycles. The predicted molar refractivity (Wildman–Crippen MR) is 72.8 cm³/mol. The van der Waals surface area contributed by atoms with Crippen molar-refractivity contribution < 1.29 is 14.8 Å². The monoisotopic (exact) mass is 251 g/mol. The Hall–Kier alpha value is -1.55. The molecule has 0 aromatic heterocycles. The van der Waals surface area contributed by atoms with Crippen LogP contribution in [0.1, 0.15) is 26.3 Å². The van der Waals surface area contributed by atoms with Gasteiger partial charge in [-0.15, -0.1) is 0 Å². The fourth-order valence-corrected chi connectivity index (χ4v) is 1.77. The van der Waals surface area contributed by atoms with E-state index in [0.29, 0.717) is 5.71 Å². The molecule has 0 aliphatic carbocycles. The van der Waals surface area contributed by atoms with Gasteiger partial charge in [0.1, 0.15) is 18.9 Å². The highest BCUT2D eigenvalue weighted by Crippen LogP contribution is 2.12. The molecule has 0 bridgehead atoms. The standard InChI is InChI=1S/C14H22N2O2/c1-4-16(5-2)10-11-18-14-8-6-13(7-9-14)12(3)15-17/h6-9,17H,4-5,10-11H2,1-3H3/p+1/b15-12+. The van der Waals surface area contributed by atoms with Crippen LogP contribution < -0.4 is 9.64 Å². The third kappa shape index (κ3) is 4.37. The Kier molecular flexibility index (Phi) is 6.22. The van der Waals surface area contributed by atoms with Gasteiger partial charge < -0.3 is 14.8 Å². The van der Waals surface area contributed by atoms with Crippen molar-refractivity contribution in [1.82, 2.24) is 0 Å².